The summed E-state index contributed by atoms with van der Waals surface area (Å²) < 4.78 is 2.34. The second-order valence-corrected chi connectivity index (χ2v) is 6.98. The van der Waals surface area contributed by atoms with E-state index in [2.05, 4.69) is 33.0 Å². The molecule has 0 spiro atoms. The van der Waals surface area contributed by atoms with Crippen molar-refractivity contribution >= 4 is 16.8 Å². The number of aromatic nitrogens is 1. The van der Waals surface area contributed by atoms with Crippen molar-refractivity contribution in [3.05, 3.63) is 35.5 Å². The van der Waals surface area contributed by atoms with Crippen LogP contribution in [0, 0.1) is 5.92 Å². The molecule has 2 saturated heterocycles. The van der Waals surface area contributed by atoms with Gasteiger partial charge in [-0.3, -0.25) is 4.79 Å². The van der Waals surface area contributed by atoms with Gasteiger partial charge in [0.2, 0.25) is 0 Å². The third-order valence-corrected chi connectivity index (χ3v) is 5.75. The van der Waals surface area contributed by atoms with E-state index in [-0.39, 0.29) is 5.91 Å². The summed E-state index contributed by atoms with van der Waals surface area (Å²) in [6, 6.07) is 8.69. The minimum absolute atomic E-state index is 0.144. The van der Waals surface area contributed by atoms with Crippen molar-refractivity contribution < 1.29 is 4.79 Å². The van der Waals surface area contributed by atoms with Crippen LogP contribution < -0.4 is 5.32 Å². The Hall–Kier alpha value is -1.81. The molecule has 5 rings (SSSR count). The molecule has 4 nitrogen and oxygen atoms in total. The third-order valence-electron chi connectivity index (χ3n) is 5.75. The van der Waals surface area contributed by atoms with Crippen molar-refractivity contribution in [2.24, 2.45) is 5.92 Å². The van der Waals surface area contributed by atoms with Crippen molar-refractivity contribution in [3.8, 4) is 0 Å². The van der Waals surface area contributed by atoms with Gasteiger partial charge in [-0.15, -0.1) is 0 Å². The summed E-state index contributed by atoms with van der Waals surface area (Å²) in [7, 11) is 0. The van der Waals surface area contributed by atoms with Crippen molar-refractivity contribution in [1.82, 2.24) is 14.8 Å². The quantitative estimate of drug-likeness (QED) is 0.920. The summed E-state index contributed by atoms with van der Waals surface area (Å²) in [6.07, 6.45) is 3.41. The van der Waals surface area contributed by atoms with Crippen LogP contribution in [-0.2, 0) is 13.0 Å². The molecule has 1 unspecified atom stereocenters. The zero-order valence-corrected chi connectivity index (χ0v) is 12.7. The number of benzene rings is 1. The van der Waals surface area contributed by atoms with E-state index in [4.69, 9.17) is 0 Å². The Labute approximate surface area is 130 Å². The van der Waals surface area contributed by atoms with E-state index in [1.807, 2.05) is 6.07 Å². The second kappa shape index (κ2) is 4.59. The molecule has 3 aliphatic heterocycles. The standard InChI is InChI=1S/C18H21N3O/c22-18(19-14-11-20-9-7-12(14)10-20)17-13-4-1-2-5-15(13)21-8-3-6-16(17)21/h1-2,4-5,12,14H,3,6-11H2,(H,19,22)/t12-,14+/m0/s1. The van der Waals surface area contributed by atoms with Gasteiger partial charge in [-0.05, 0) is 37.8 Å². The zero-order chi connectivity index (χ0) is 14.7. The number of nitrogens with zero attached hydrogens (tertiary/aromatic N) is 2. The summed E-state index contributed by atoms with van der Waals surface area (Å²) in [5.74, 6) is 0.802. The molecule has 2 aromatic rings. The largest absolute Gasteiger partial charge is 0.348 e. The molecule has 0 radical (unpaired) electrons. The van der Waals surface area contributed by atoms with Gasteiger partial charge in [0.05, 0.1) is 5.56 Å². The fourth-order valence-corrected chi connectivity index (χ4v) is 4.72. The Morgan fingerprint density at radius 3 is 2.91 bits per heavy atom. The molecule has 1 aromatic heterocycles. The van der Waals surface area contributed by atoms with E-state index in [1.54, 1.807) is 0 Å². The summed E-state index contributed by atoms with van der Waals surface area (Å²) >= 11 is 0. The van der Waals surface area contributed by atoms with Crippen LogP contribution in [0.2, 0.25) is 0 Å². The molecule has 3 atom stereocenters. The minimum atomic E-state index is 0.144. The Bertz CT molecular complexity index is 763. The van der Waals surface area contributed by atoms with Gasteiger partial charge in [0.25, 0.3) is 5.91 Å². The molecule has 1 aromatic carbocycles. The van der Waals surface area contributed by atoms with Crippen molar-refractivity contribution in [2.75, 3.05) is 19.6 Å². The predicted molar refractivity (Wildman–Crippen MR) is 86.1 cm³/mol. The highest BCUT2D eigenvalue weighted by Gasteiger charge is 2.39. The first-order valence-corrected chi connectivity index (χ1v) is 8.44. The lowest BCUT2D eigenvalue weighted by molar-refractivity contribution is 0.0925. The fraction of sp³-hybridized carbons (Fsp3) is 0.500. The van der Waals surface area contributed by atoms with E-state index in [9.17, 15) is 4.79 Å². The molecular weight excluding hydrogens is 274 g/mol. The Kier molecular flexibility index (Phi) is 2.65. The average molecular weight is 295 g/mol. The van der Waals surface area contributed by atoms with Crippen LogP contribution in [0.5, 0.6) is 0 Å². The highest BCUT2D eigenvalue weighted by Crippen LogP contribution is 2.32. The maximum Gasteiger partial charge on any atom is 0.254 e. The molecule has 1 N–H and O–H groups in total. The fourth-order valence-electron chi connectivity index (χ4n) is 4.72. The number of amides is 1. The van der Waals surface area contributed by atoms with Crippen molar-refractivity contribution in [3.63, 3.8) is 0 Å². The van der Waals surface area contributed by atoms with Crippen LogP contribution in [0.15, 0.2) is 24.3 Å². The number of hydrogen-bond donors (Lipinski definition) is 1. The van der Waals surface area contributed by atoms with E-state index in [0.29, 0.717) is 12.0 Å². The molecule has 2 fully saturated rings. The molecule has 22 heavy (non-hydrogen) atoms. The predicted octanol–water partition coefficient (Wildman–Crippen LogP) is 2.02. The average Bonchev–Trinajstić information content (AvgIpc) is 3.27. The van der Waals surface area contributed by atoms with Gasteiger partial charge in [0.15, 0.2) is 0 Å². The van der Waals surface area contributed by atoms with Gasteiger partial charge >= 0.3 is 0 Å². The van der Waals surface area contributed by atoms with Crippen LogP contribution in [-0.4, -0.2) is 41.1 Å². The van der Waals surface area contributed by atoms with Crippen LogP contribution in [0.1, 0.15) is 28.9 Å². The minimum Gasteiger partial charge on any atom is -0.348 e. The molecule has 2 bridgehead atoms. The van der Waals surface area contributed by atoms with Gasteiger partial charge in [0.1, 0.15) is 0 Å². The maximum absolute atomic E-state index is 13.0. The highest BCUT2D eigenvalue weighted by atomic mass is 16.1. The Balaban J connectivity index is 1.52. The number of carbonyl (C=O) groups is 1. The van der Waals surface area contributed by atoms with Crippen molar-refractivity contribution in [2.45, 2.75) is 31.8 Å². The highest BCUT2D eigenvalue weighted by molar-refractivity contribution is 6.08. The van der Waals surface area contributed by atoms with Crippen LogP contribution >= 0.6 is 0 Å². The van der Waals surface area contributed by atoms with Gasteiger partial charge in [0, 0.05) is 42.3 Å². The molecule has 0 aliphatic carbocycles. The first kappa shape index (κ1) is 12.7. The number of nitrogens with one attached hydrogen (secondary N) is 1. The van der Waals surface area contributed by atoms with Gasteiger partial charge in [-0.1, -0.05) is 18.2 Å². The molecule has 4 heteroatoms. The summed E-state index contributed by atoms with van der Waals surface area (Å²) in [4.78, 5) is 15.4. The second-order valence-electron chi connectivity index (χ2n) is 6.98. The van der Waals surface area contributed by atoms with Gasteiger partial charge in [-0.2, -0.15) is 0 Å². The summed E-state index contributed by atoms with van der Waals surface area (Å²) in [5.41, 5.74) is 3.39. The molecule has 114 valence electrons. The van der Waals surface area contributed by atoms with Crippen LogP contribution in [0.4, 0.5) is 0 Å². The Morgan fingerprint density at radius 2 is 2.09 bits per heavy atom. The number of hydrogen-bond acceptors (Lipinski definition) is 2. The number of piperidine rings is 1. The molecule has 4 heterocycles. The smallest absolute Gasteiger partial charge is 0.254 e. The topological polar surface area (TPSA) is 37.3 Å². The first-order valence-electron chi connectivity index (χ1n) is 8.44. The van der Waals surface area contributed by atoms with E-state index in [1.165, 1.54) is 30.7 Å². The van der Waals surface area contributed by atoms with Crippen LogP contribution in [0.3, 0.4) is 0 Å². The molecule has 0 saturated carbocycles. The number of para-hydroxylation sites is 1. The number of carbonyl (C=O) groups excluding carboxylic acids is 1. The number of fused-ring (bicyclic) bond motifs is 5. The SMILES string of the molecule is O=C(N[C@@H]1CN2CC[C@H]1C2)c1c2n(c3ccccc13)CCC2. The zero-order valence-electron chi connectivity index (χ0n) is 12.7. The van der Waals surface area contributed by atoms with E-state index >= 15 is 0 Å². The summed E-state index contributed by atoms with van der Waals surface area (Å²) in [6.45, 7) is 4.45. The van der Waals surface area contributed by atoms with Crippen LogP contribution in [0.25, 0.3) is 10.9 Å². The molecule has 3 aliphatic rings. The van der Waals surface area contributed by atoms with Gasteiger partial charge in [-0.25, -0.2) is 0 Å². The Morgan fingerprint density at radius 1 is 1.18 bits per heavy atom. The number of aryl methyl sites for hydroxylation is 1. The lowest BCUT2D eigenvalue weighted by atomic mass is 9.99. The van der Waals surface area contributed by atoms with E-state index in [0.717, 1.165) is 36.9 Å². The van der Waals surface area contributed by atoms with Gasteiger partial charge < -0.3 is 14.8 Å². The lowest BCUT2D eigenvalue weighted by Gasteiger charge is -2.23. The lowest BCUT2D eigenvalue weighted by Crippen LogP contribution is -2.43. The van der Waals surface area contributed by atoms with Crippen molar-refractivity contribution in [1.29, 1.82) is 0 Å². The molecule has 1 amide bonds. The first-order chi connectivity index (χ1) is 10.8. The third kappa shape index (κ3) is 1.70. The number of rotatable bonds is 2. The summed E-state index contributed by atoms with van der Waals surface area (Å²) in [5, 5.41) is 4.46. The normalized spacial score (nSPS) is 29.2. The molecular formula is C18H21N3O. The maximum atomic E-state index is 13.0. The van der Waals surface area contributed by atoms with E-state index < -0.39 is 0 Å². The monoisotopic (exact) mass is 295 g/mol.